The number of methoxy groups -OCH3 is 1. The number of carboxylic acids is 1. The molecule has 1 rings (SSSR count). The highest BCUT2D eigenvalue weighted by Gasteiger charge is 2.24. The van der Waals surface area contributed by atoms with Gasteiger partial charge >= 0.3 is 18.0 Å². The SMILES string of the molecule is COC(=O)C[C@H](NC(=O)NCC(C)N1CCCC1)C(=O)O. The summed E-state index contributed by atoms with van der Waals surface area (Å²) in [6.07, 6.45) is 1.93. The molecule has 0 aromatic heterocycles. The highest BCUT2D eigenvalue weighted by Crippen LogP contribution is 2.10. The van der Waals surface area contributed by atoms with Gasteiger partial charge in [-0.2, -0.15) is 0 Å². The van der Waals surface area contributed by atoms with Crippen LogP contribution in [0.4, 0.5) is 4.79 Å². The molecule has 0 saturated carbocycles. The molecule has 2 amide bonds. The van der Waals surface area contributed by atoms with Gasteiger partial charge in [0, 0.05) is 12.6 Å². The molecule has 1 heterocycles. The van der Waals surface area contributed by atoms with Gasteiger partial charge < -0.3 is 20.5 Å². The van der Waals surface area contributed by atoms with Crippen molar-refractivity contribution >= 4 is 18.0 Å². The van der Waals surface area contributed by atoms with Crippen LogP contribution in [0.15, 0.2) is 0 Å². The third-order valence-electron chi connectivity index (χ3n) is 3.52. The van der Waals surface area contributed by atoms with E-state index in [-0.39, 0.29) is 6.04 Å². The fourth-order valence-electron chi connectivity index (χ4n) is 2.21. The van der Waals surface area contributed by atoms with Gasteiger partial charge in [0.1, 0.15) is 6.04 Å². The van der Waals surface area contributed by atoms with Gasteiger partial charge in [-0.1, -0.05) is 0 Å². The Morgan fingerprint density at radius 1 is 1.29 bits per heavy atom. The van der Waals surface area contributed by atoms with Gasteiger partial charge in [-0.15, -0.1) is 0 Å². The van der Waals surface area contributed by atoms with Crippen molar-refractivity contribution in [2.45, 2.75) is 38.3 Å². The molecule has 8 heteroatoms. The van der Waals surface area contributed by atoms with Crippen LogP contribution in [-0.2, 0) is 14.3 Å². The van der Waals surface area contributed by atoms with E-state index >= 15 is 0 Å². The number of rotatable bonds is 7. The van der Waals surface area contributed by atoms with Gasteiger partial charge in [0.25, 0.3) is 0 Å². The van der Waals surface area contributed by atoms with E-state index in [4.69, 9.17) is 5.11 Å². The first-order valence-corrected chi connectivity index (χ1v) is 7.02. The lowest BCUT2D eigenvalue weighted by Gasteiger charge is -2.24. The van der Waals surface area contributed by atoms with Crippen molar-refractivity contribution in [1.82, 2.24) is 15.5 Å². The van der Waals surface area contributed by atoms with Gasteiger partial charge in [-0.25, -0.2) is 9.59 Å². The van der Waals surface area contributed by atoms with E-state index in [9.17, 15) is 14.4 Å². The summed E-state index contributed by atoms with van der Waals surface area (Å²) in [6, 6.07) is -1.70. The van der Waals surface area contributed by atoms with Gasteiger partial charge in [0.05, 0.1) is 13.5 Å². The molecule has 2 atom stereocenters. The standard InChI is InChI=1S/C13H23N3O5/c1-9(16-5-3-4-6-16)8-14-13(20)15-10(12(18)19)7-11(17)21-2/h9-10H,3-8H2,1-2H3,(H,18,19)(H2,14,15,20)/t9?,10-/m0/s1. The maximum Gasteiger partial charge on any atom is 0.326 e. The van der Waals surface area contributed by atoms with Crippen LogP contribution >= 0.6 is 0 Å². The van der Waals surface area contributed by atoms with Crippen LogP contribution in [-0.4, -0.2) is 66.8 Å². The zero-order valence-electron chi connectivity index (χ0n) is 12.4. The molecule has 0 bridgehead atoms. The molecular formula is C13H23N3O5. The van der Waals surface area contributed by atoms with Crippen LogP contribution < -0.4 is 10.6 Å². The fourth-order valence-corrected chi connectivity index (χ4v) is 2.21. The Hall–Kier alpha value is -1.83. The molecule has 1 aliphatic heterocycles. The second-order valence-electron chi connectivity index (χ2n) is 5.12. The number of amides is 2. The number of urea groups is 1. The summed E-state index contributed by atoms with van der Waals surface area (Å²) in [5.41, 5.74) is 0. The largest absolute Gasteiger partial charge is 0.480 e. The molecule has 1 saturated heterocycles. The van der Waals surface area contributed by atoms with Crippen molar-refractivity contribution in [3.05, 3.63) is 0 Å². The van der Waals surface area contributed by atoms with Crippen LogP contribution in [0.3, 0.4) is 0 Å². The highest BCUT2D eigenvalue weighted by molar-refractivity contribution is 5.86. The number of carbonyl (C=O) groups is 3. The maximum absolute atomic E-state index is 11.7. The lowest BCUT2D eigenvalue weighted by atomic mass is 10.2. The normalized spacial score (nSPS) is 17.8. The second-order valence-corrected chi connectivity index (χ2v) is 5.12. The third-order valence-corrected chi connectivity index (χ3v) is 3.52. The lowest BCUT2D eigenvalue weighted by molar-refractivity contribution is -0.147. The zero-order chi connectivity index (χ0) is 15.8. The maximum atomic E-state index is 11.7. The molecule has 0 radical (unpaired) electrons. The fraction of sp³-hybridized carbons (Fsp3) is 0.769. The molecule has 0 aromatic rings. The van der Waals surface area contributed by atoms with E-state index < -0.39 is 30.4 Å². The molecule has 3 N–H and O–H groups in total. The Kier molecular flexibility index (Phi) is 6.93. The number of nitrogens with zero attached hydrogens (tertiary/aromatic N) is 1. The lowest BCUT2D eigenvalue weighted by Crippen LogP contribution is -2.50. The van der Waals surface area contributed by atoms with Crippen LogP contribution in [0.5, 0.6) is 0 Å². The Bertz CT molecular complexity index is 382. The zero-order valence-corrected chi connectivity index (χ0v) is 12.4. The molecule has 0 aliphatic carbocycles. The van der Waals surface area contributed by atoms with E-state index in [1.54, 1.807) is 0 Å². The van der Waals surface area contributed by atoms with E-state index in [0.717, 1.165) is 25.9 Å². The van der Waals surface area contributed by atoms with Crippen molar-refractivity contribution in [3.8, 4) is 0 Å². The van der Waals surface area contributed by atoms with Crippen LogP contribution in [0.25, 0.3) is 0 Å². The second kappa shape index (κ2) is 8.46. The van der Waals surface area contributed by atoms with Crippen molar-refractivity contribution in [1.29, 1.82) is 0 Å². The summed E-state index contributed by atoms with van der Waals surface area (Å²) in [6.45, 7) is 4.47. The number of hydrogen-bond acceptors (Lipinski definition) is 5. The van der Waals surface area contributed by atoms with E-state index in [1.165, 1.54) is 7.11 Å². The van der Waals surface area contributed by atoms with Crippen molar-refractivity contribution in [2.24, 2.45) is 0 Å². The minimum atomic E-state index is -1.29. The van der Waals surface area contributed by atoms with Gasteiger partial charge in [0.15, 0.2) is 0 Å². The number of nitrogens with one attached hydrogen (secondary N) is 2. The van der Waals surface area contributed by atoms with Gasteiger partial charge in [0.2, 0.25) is 0 Å². The van der Waals surface area contributed by atoms with Gasteiger partial charge in [-0.05, 0) is 32.9 Å². The van der Waals surface area contributed by atoms with E-state index in [0.29, 0.717) is 6.54 Å². The first-order chi connectivity index (χ1) is 9.93. The van der Waals surface area contributed by atoms with E-state index in [2.05, 4.69) is 20.3 Å². The van der Waals surface area contributed by atoms with Crippen molar-refractivity contribution in [3.63, 3.8) is 0 Å². The smallest absolute Gasteiger partial charge is 0.326 e. The minimum Gasteiger partial charge on any atom is -0.480 e. The summed E-state index contributed by atoms with van der Waals surface area (Å²) >= 11 is 0. The molecular weight excluding hydrogens is 278 g/mol. The highest BCUT2D eigenvalue weighted by atomic mass is 16.5. The Balaban J connectivity index is 2.35. The third kappa shape index (κ3) is 5.99. The summed E-state index contributed by atoms with van der Waals surface area (Å²) in [5.74, 6) is -1.96. The summed E-state index contributed by atoms with van der Waals surface area (Å²) in [4.78, 5) is 36.0. The first-order valence-electron chi connectivity index (χ1n) is 7.02. The first kappa shape index (κ1) is 17.2. The van der Waals surface area contributed by atoms with Crippen molar-refractivity contribution < 1.29 is 24.2 Å². The number of hydrogen-bond donors (Lipinski definition) is 3. The summed E-state index contributed by atoms with van der Waals surface area (Å²) in [7, 11) is 1.17. The van der Waals surface area contributed by atoms with E-state index in [1.807, 2.05) is 6.92 Å². The Morgan fingerprint density at radius 3 is 2.43 bits per heavy atom. The molecule has 8 nitrogen and oxygen atoms in total. The molecule has 1 fully saturated rings. The minimum absolute atomic E-state index is 0.196. The number of carboxylic acid groups (broad SMARTS) is 1. The molecule has 21 heavy (non-hydrogen) atoms. The Labute approximate surface area is 123 Å². The molecule has 0 spiro atoms. The molecule has 120 valence electrons. The quantitative estimate of drug-likeness (QED) is 0.561. The van der Waals surface area contributed by atoms with Crippen molar-refractivity contribution in [2.75, 3.05) is 26.7 Å². The number of aliphatic carboxylic acids is 1. The molecule has 0 aromatic carbocycles. The summed E-state index contributed by atoms with van der Waals surface area (Å²) in [5, 5.41) is 13.8. The molecule has 1 unspecified atom stereocenters. The van der Waals surface area contributed by atoms with Crippen LogP contribution in [0.1, 0.15) is 26.2 Å². The van der Waals surface area contributed by atoms with Crippen LogP contribution in [0, 0.1) is 0 Å². The average molecular weight is 301 g/mol. The Morgan fingerprint density at radius 2 is 1.90 bits per heavy atom. The predicted molar refractivity (Wildman–Crippen MR) is 74.9 cm³/mol. The number of esters is 1. The van der Waals surface area contributed by atoms with Gasteiger partial charge in [-0.3, -0.25) is 9.69 Å². The monoisotopic (exact) mass is 301 g/mol. The number of likely N-dealkylation sites (tertiary alicyclic amines) is 1. The predicted octanol–water partition coefficient (Wildman–Crippen LogP) is -0.214. The number of ether oxygens (including phenoxy) is 1. The number of carbonyl (C=O) groups excluding carboxylic acids is 2. The molecule has 1 aliphatic rings. The average Bonchev–Trinajstić information content (AvgIpc) is 2.97. The topological polar surface area (TPSA) is 108 Å². The summed E-state index contributed by atoms with van der Waals surface area (Å²) < 4.78 is 4.40. The van der Waals surface area contributed by atoms with Crippen LogP contribution in [0.2, 0.25) is 0 Å².